The number of aromatic nitrogens is 7. The smallest absolute Gasteiger partial charge is 0.444 e. The molecular formula is C23H17F6N8O2PRu. The van der Waals surface area contributed by atoms with E-state index >= 15 is 0 Å². The van der Waals surface area contributed by atoms with E-state index in [1.165, 1.54) is 0 Å². The normalized spacial score (nSPS) is 11.6. The van der Waals surface area contributed by atoms with Crippen LogP contribution in [0.25, 0.3) is 34.4 Å². The summed E-state index contributed by atoms with van der Waals surface area (Å²) in [6.07, 6.45) is 10.2. The first-order chi connectivity index (χ1) is 18.8. The molecule has 5 heterocycles. The Morgan fingerprint density at radius 2 is 0.805 bits per heavy atom. The Balaban J connectivity index is 0.000000317. The second-order valence-corrected chi connectivity index (χ2v) is 8.93. The van der Waals surface area contributed by atoms with Crippen molar-refractivity contribution >= 4 is 7.81 Å². The Morgan fingerprint density at radius 1 is 0.512 bits per heavy atom. The molecule has 0 aliphatic rings. The molecule has 0 saturated heterocycles. The predicted octanol–water partition coefficient (Wildman–Crippen LogP) is 7.77. The maximum absolute atomic E-state index is 10.7. The molecule has 0 unspecified atom stereocenters. The second-order valence-electron chi connectivity index (χ2n) is 7.02. The zero-order chi connectivity index (χ0) is 29.6. The van der Waals surface area contributed by atoms with Gasteiger partial charge in [-0.25, -0.2) is 24.9 Å². The molecule has 41 heavy (non-hydrogen) atoms. The fourth-order valence-corrected chi connectivity index (χ4v) is 2.58. The molecule has 10 nitrogen and oxygen atoms in total. The zero-order valence-electron chi connectivity index (χ0n) is 20.3. The van der Waals surface area contributed by atoms with E-state index < -0.39 is 7.81 Å². The molecule has 0 aliphatic heterocycles. The van der Waals surface area contributed by atoms with Crippen LogP contribution in [0.15, 0.2) is 109 Å². The van der Waals surface area contributed by atoms with E-state index in [0.717, 1.165) is 28.1 Å². The minimum atomic E-state index is -10.7. The summed E-state index contributed by atoms with van der Waals surface area (Å²) in [6.45, 7) is 0. The molecule has 0 spiro atoms. The molecule has 0 fully saturated rings. The Hall–Kier alpha value is -4.36. The molecule has 0 amide bonds. The molecule has 5 aromatic heterocycles. The van der Waals surface area contributed by atoms with Crippen LogP contribution in [0.4, 0.5) is 25.2 Å². The Morgan fingerprint density at radius 3 is 1.10 bits per heavy atom. The third kappa shape index (κ3) is 16.4. The fraction of sp³-hybridized carbons (Fsp3) is 0. The van der Waals surface area contributed by atoms with Crippen molar-refractivity contribution in [1.29, 1.82) is 0 Å². The molecule has 5 rings (SSSR count). The number of nitrogens with zero attached hydrogens (tertiary/aromatic N) is 8. The molecule has 0 bridgehead atoms. The zero-order valence-corrected chi connectivity index (χ0v) is 22.9. The first-order valence-electron chi connectivity index (χ1n) is 10.6. The van der Waals surface area contributed by atoms with Crippen molar-refractivity contribution in [2.75, 3.05) is 0 Å². The number of hydrogen-bond acceptors (Lipinski definition) is 10. The van der Waals surface area contributed by atoms with Crippen molar-refractivity contribution in [3.05, 3.63) is 114 Å². The average molecular weight is 683 g/mol. The van der Waals surface area contributed by atoms with Gasteiger partial charge in [-0.2, -0.15) is 0 Å². The van der Waals surface area contributed by atoms with Crippen molar-refractivity contribution in [2.24, 2.45) is 5.34 Å². The summed E-state index contributed by atoms with van der Waals surface area (Å²) >= 11 is 0. The van der Waals surface area contributed by atoms with Gasteiger partial charge in [0.05, 0.1) is 22.8 Å². The summed E-state index contributed by atoms with van der Waals surface area (Å²) in [6, 6.07) is 21.0. The number of rotatable bonds is 3. The van der Waals surface area contributed by atoms with Gasteiger partial charge in [0.1, 0.15) is 0 Å². The molecule has 18 heteroatoms. The largest absolute Gasteiger partial charge is 2.00 e. The van der Waals surface area contributed by atoms with Crippen LogP contribution in [0.5, 0.6) is 0 Å². The molecule has 0 aliphatic carbocycles. The summed E-state index contributed by atoms with van der Waals surface area (Å²) in [5.41, 5.74) is 3.46. The minimum Gasteiger partial charge on any atom is -0.444 e. The Labute approximate surface area is 241 Å². The molecule has 5 aromatic rings. The van der Waals surface area contributed by atoms with Crippen LogP contribution < -0.4 is 0 Å². The molecule has 0 radical (unpaired) electrons. The van der Waals surface area contributed by atoms with Crippen molar-refractivity contribution in [3.8, 4) is 34.4 Å². The van der Waals surface area contributed by atoms with E-state index in [1.807, 2.05) is 54.6 Å². The monoisotopic (exact) mass is 684 g/mol. The van der Waals surface area contributed by atoms with Gasteiger partial charge < -0.3 is 10.1 Å². The summed E-state index contributed by atoms with van der Waals surface area (Å²) in [7, 11) is -10.7. The Kier molecular flexibility index (Phi) is 12.6. The van der Waals surface area contributed by atoms with Gasteiger partial charge in [0.25, 0.3) is 0 Å². The summed E-state index contributed by atoms with van der Waals surface area (Å²) in [4.78, 5) is 37.2. The molecule has 0 aromatic carbocycles. The van der Waals surface area contributed by atoms with Crippen LogP contribution in [0.2, 0.25) is 0 Å². The van der Waals surface area contributed by atoms with Crippen LogP contribution in [0.1, 0.15) is 0 Å². The van der Waals surface area contributed by atoms with Crippen LogP contribution in [0.3, 0.4) is 0 Å². The van der Waals surface area contributed by atoms with Crippen LogP contribution in [-0.4, -0.2) is 34.9 Å². The maximum atomic E-state index is 9.87. The quantitative estimate of drug-likeness (QED) is 0.0613. The average Bonchev–Trinajstić information content (AvgIpc) is 2.94. The van der Waals surface area contributed by atoms with Gasteiger partial charge in [-0.1, -0.05) is 18.2 Å². The standard InChI is InChI=1S/C15H11N3.C8H6N4.F6P.HNO2.Ru/c1-3-10-16-12(6-1)14-8-5-9-15(18-14)13-7-2-4-11-17-13;1-3-9-7(10-4-1)8-11-5-2-6-12-8;1-7(2,3,4,5)6;2-1-3;/h1-11H;1-6H;;(H,2,3);/q;;-1;;+2/p-1. The van der Waals surface area contributed by atoms with Crippen LogP contribution in [0, 0.1) is 10.1 Å². The third-order valence-electron chi connectivity index (χ3n) is 3.94. The SMILES string of the molecule is F[P-](F)(F)(F)(F)F.O=N[O-].[Ru+2].c1ccc(-c2cccc(-c3ccccn3)n2)nc1.c1cnc(-c2ncccn2)nc1. The van der Waals surface area contributed by atoms with Gasteiger partial charge >= 0.3 is 52.5 Å². The molecule has 0 N–H and O–H groups in total. The van der Waals surface area contributed by atoms with E-state index in [1.54, 1.807) is 49.3 Å². The van der Waals surface area contributed by atoms with Gasteiger partial charge in [-0.05, 0) is 48.5 Å². The van der Waals surface area contributed by atoms with Gasteiger partial charge in [-0.15, -0.1) is 5.34 Å². The number of hydrogen-bond donors (Lipinski definition) is 0. The third-order valence-corrected chi connectivity index (χ3v) is 3.94. The fourth-order valence-electron chi connectivity index (χ4n) is 2.58. The Bertz CT molecular complexity index is 1360. The molecule has 216 valence electrons. The van der Waals surface area contributed by atoms with E-state index in [4.69, 9.17) is 10.1 Å². The van der Waals surface area contributed by atoms with Crippen molar-refractivity contribution in [2.45, 2.75) is 0 Å². The van der Waals surface area contributed by atoms with Crippen molar-refractivity contribution in [1.82, 2.24) is 34.9 Å². The van der Waals surface area contributed by atoms with Crippen molar-refractivity contribution < 1.29 is 44.7 Å². The van der Waals surface area contributed by atoms with Crippen LogP contribution >= 0.6 is 7.81 Å². The van der Waals surface area contributed by atoms with Crippen molar-refractivity contribution in [3.63, 3.8) is 0 Å². The summed E-state index contributed by atoms with van der Waals surface area (Å²) in [5.74, 6) is 1.11. The summed E-state index contributed by atoms with van der Waals surface area (Å²) in [5, 5.41) is 9.00. The van der Waals surface area contributed by atoms with Crippen LogP contribution in [-0.2, 0) is 19.5 Å². The van der Waals surface area contributed by atoms with Gasteiger partial charge in [-0.3, -0.25) is 9.97 Å². The first-order valence-corrected chi connectivity index (χ1v) is 12.7. The van der Waals surface area contributed by atoms with E-state index in [9.17, 15) is 25.2 Å². The maximum Gasteiger partial charge on any atom is 2.00 e. The first kappa shape index (κ1) is 34.7. The van der Waals surface area contributed by atoms with E-state index in [0.29, 0.717) is 11.6 Å². The number of pyridine rings is 3. The summed E-state index contributed by atoms with van der Waals surface area (Å²) < 4.78 is 59.2. The molecule has 0 atom stereocenters. The van der Waals surface area contributed by atoms with E-state index in [2.05, 4.69) is 34.9 Å². The second kappa shape index (κ2) is 14.9. The van der Waals surface area contributed by atoms with E-state index in [-0.39, 0.29) is 19.5 Å². The van der Waals surface area contributed by atoms with Gasteiger partial charge in [0.2, 0.25) is 0 Å². The minimum absolute atomic E-state index is 0. The predicted molar refractivity (Wildman–Crippen MR) is 136 cm³/mol. The number of halogens is 6. The molecular weight excluding hydrogens is 666 g/mol. The van der Waals surface area contributed by atoms with Gasteiger partial charge in [0.15, 0.2) is 11.6 Å². The topological polar surface area (TPSA) is 143 Å². The molecule has 0 saturated carbocycles. The van der Waals surface area contributed by atoms with Gasteiger partial charge in [0, 0.05) is 37.2 Å².